The van der Waals surface area contributed by atoms with Crippen molar-refractivity contribution in [2.24, 2.45) is 0 Å². The molecule has 204 valence electrons. The van der Waals surface area contributed by atoms with Crippen molar-refractivity contribution in [1.82, 2.24) is 4.98 Å². The van der Waals surface area contributed by atoms with Crippen LogP contribution in [0.5, 0.6) is 0 Å². The van der Waals surface area contributed by atoms with Gasteiger partial charge in [0.2, 0.25) is 0 Å². The van der Waals surface area contributed by atoms with Gasteiger partial charge in [-0.05, 0) is 73.7 Å². The number of halogens is 2. The second-order valence-electron chi connectivity index (χ2n) is 8.81. The van der Waals surface area contributed by atoms with Crippen LogP contribution in [0.15, 0.2) is 107 Å². The van der Waals surface area contributed by atoms with E-state index >= 15 is 0 Å². The van der Waals surface area contributed by atoms with Gasteiger partial charge in [0, 0.05) is 17.5 Å². The molecule has 11 heteroatoms. The topological polar surface area (TPSA) is 70.6 Å². The number of benzene rings is 4. The van der Waals surface area contributed by atoms with E-state index in [1.54, 1.807) is 24.3 Å². The maximum atomic E-state index is 14.0. The first-order chi connectivity index (χ1) is 19.1. The van der Waals surface area contributed by atoms with E-state index in [9.17, 15) is 22.0 Å². The number of sulfonamides is 1. The normalized spacial score (nSPS) is 11.6. The Balaban J connectivity index is 1.54. The van der Waals surface area contributed by atoms with E-state index in [4.69, 9.17) is 0 Å². The lowest BCUT2D eigenvalue weighted by Crippen LogP contribution is -2.28. The minimum Gasteiger partial charge on any atom is -0.269 e. The Morgan fingerprint density at radius 3 is 2.25 bits per heavy atom. The standard InChI is InChI=1S/C29H23F2N3O3S3/c1-19-10-12-21(13-11-19)33(2)40(36,37)24-7-5-6-20(18-24)27(35)34(22-14-16-23(17-15-22)38-28(30)31)29-32-25-8-3-4-9-26(25)39-29/h3-18,28H,1-2H3. The molecule has 5 aromatic rings. The van der Waals surface area contributed by atoms with Gasteiger partial charge in [0.05, 0.1) is 26.5 Å². The van der Waals surface area contributed by atoms with Gasteiger partial charge in [-0.1, -0.05) is 59.0 Å². The zero-order chi connectivity index (χ0) is 28.4. The van der Waals surface area contributed by atoms with Gasteiger partial charge in [-0.15, -0.1) is 0 Å². The highest BCUT2D eigenvalue weighted by atomic mass is 32.2. The smallest absolute Gasteiger partial charge is 0.269 e. The average Bonchev–Trinajstić information content (AvgIpc) is 3.37. The number of hydrogen-bond donors (Lipinski definition) is 0. The molecule has 1 heterocycles. The van der Waals surface area contributed by atoms with Crippen molar-refractivity contribution in [2.45, 2.75) is 22.5 Å². The summed E-state index contributed by atoms with van der Waals surface area (Å²) in [6, 6.07) is 26.5. The highest BCUT2D eigenvalue weighted by molar-refractivity contribution is 7.99. The number of alkyl halides is 2. The molecule has 0 N–H and O–H groups in total. The number of fused-ring (bicyclic) bond motifs is 1. The molecule has 40 heavy (non-hydrogen) atoms. The lowest BCUT2D eigenvalue weighted by molar-refractivity contribution is 0.0999. The Hall–Kier alpha value is -3.80. The first-order valence-corrected chi connectivity index (χ1v) is 15.2. The minimum absolute atomic E-state index is 0.0469. The van der Waals surface area contributed by atoms with Crippen LogP contribution in [0, 0.1) is 6.92 Å². The van der Waals surface area contributed by atoms with Crippen LogP contribution in [0.3, 0.4) is 0 Å². The van der Waals surface area contributed by atoms with Crippen molar-refractivity contribution < 1.29 is 22.0 Å². The number of nitrogens with zero attached hydrogens (tertiary/aromatic N) is 3. The molecule has 6 nitrogen and oxygen atoms in total. The fourth-order valence-corrected chi connectivity index (χ4v) is 6.74. The molecule has 0 fully saturated rings. The molecular formula is C29H23F2N3O3S3. The number of hydrogen-bond acceptors (Lipinski definition) is 6. The van der Waals surface area contributed by atoms with Crippen molar-refractivity contribution in [2.75, 3.05) is 16.3 Å². The third-order valence-electron chi connectivity index (χ3n) is 6.13. The van der Waals surface area contributed by atoms with Gasteiger partial charge in [0.15, 0.2) is 5.13 Å². The molecule has 0 radical (unpaired) electrons. The molecule has 0 aliphatic rings. The van der Waals surface area contributed by atoms with E-state index in [-0.39, 0.29) is 10.5 Å². The summed E-state index contributed by atoms with van der Waals surface area (Å²) < 4.78 is 54.7. The Morgan fingerprint density at radius 2 is 1.57 bits per heavy atom. The Labute approximate surface area is 239 Å². The zero-order valence-corrected chi connectivity index (χ0v) is 23.8. The number of rotatable bonds is 8. The lowest BCUT2D eigenvalue weighted by atomic mass is 10.2. The number of anilines is 3. The number of carbonyl (C=O) groups is 1. The summed E-state index contributed by atoms with van der Waals surface area (Å²) in [4.78, 5) is 20.3. The maximum absolute atomic E-state index is 14.0. The summed E-state index contributed by atoms with van der Waals surface area (Å²) in [5, 5.41) is 0.366. The minimum atomic E-state index is -3.98. The molecule has 0 aliphatic heterocycles. The molecule has 0 atom stereocenters. The van der Waals surface area contributed by atoms with Crippen molar-refractivity contribution >= 4 is 65.8 Å². The monoisotopic (exact) mass is 595 g/mol. The SMILES string of the molecule is Cc1ccc(N(C)S(=O)(=O)c2cccc(C(=O)N(c3ccc(SC(F)F)cc3)c3nc4ccccc4s3)c2)cc1. The number of aromatic nitrogens is 1. The molecule has 0 bridgehead atoms. The number of thioether (sulfide) groups is 1. The average molecular weight is 596 g/mol. The fraction of sp³-hybridized carbons (Fsp3) is 0.103. The number of para-hydroxylation sites is 1. The van der Waals surface area contributed by atoms with Gasteiger partial charge < -0.3 is 0 Å². The molecule has 1 aromatic heterocycles. The molecule has 5 rings (SSSR count). The quantitative estimate of drug-likeness (QED) is 0.172. The van der Waals surface area contributed by atoms with Gasteiger partial charge in [0.1, 0.15) is 0 Å². The summed E-state index contributed by atoms with van der Waals surface area (Å²) in [6.45, 7) is 1.91. The molecule has 0 unspecified atom stereocenters. The van der Waals surface area contributed by atoms with Crippen LogP contribution >= 0.6 is 23.1 Å². The van der Waals surface area contributed by atoms with E-state index in [0.29, 0.717) is 38.7 Å². The number of thiazole rings is 1. The molecule has 0 aliphatic carbocycles. The van der Waals surface area contributed by atoms with Crippen LogP contribution < -0.4 is 9.21 Å². The van der Waals surface area contributed by atoms with Crippen LogP contribution in [0.25, 0.3) is 10.2 Å². The summed E-state index contributed by atoms with van der Waals surface area (Å²) in [5.41, 5.74) is 2.72. The van der Waals surface area contributed by atoms with Gasteiger partial charge >= 0.3 is 0 Å². The summed E-state index contributed by atoms with van der Waals surface area (Å²) in [6.07, 6.45) is 0. The summed E-state index contributed by atoms with van der Waals surface area (Å²) >= 11 is 1.70. The van der Waals surface area contributed by atoms with Crippen LogP contribution in [0.1, 0.15) is 15.9 Å². The molecule has 0 saturated heterocycles. The Morgan fingerprint density at radius 1 is 0.900 bits per heavy atom. The predicted octanol–water partition coefficient (Wildman–Crippen LogP) is 7.72. The highest BCUT2D eigenvalue weighted by Crippen LogP contribution is 2.36. The van der Waals surface area contributed by atoms with Gasteiger partial charge in [0.25, 0.3) is 21.7 Å². The van der Waals surface area contributed by atoms with E-state index in [1.165, 1.54) is 64.0 Å². The van der Waals surface area contributed by atoms with Crippen LogP contribution in [-0.2, 0) is 10.0 Å². The van der Waals surface area contributed by atoms with E-state index < -0.39 is 21.7 Å². The number of aryl methyl sites for hydroxylation is 1. The Kier molecular flexibility index (Phi) is 7.88. The van der Waals surface area contributed by atoms with Crippen LogP contribution in [0.2, 0.25) is 0 Å². The predicted molar refractivity (Wildman–Crippen MR) is 158 cm³/mol. The first kappa shape index (κ1) is 27.8. The maximum Gasteiger partial charge on any atom is 0.288 e. The highest BCUT2D eigenvalue weighted by Gasteiger charge is 2.27. The summed E-state index contributed by atoms with van der Waals surface area (Å²) in [5.74, 6) is -3.08. The summed E-state index contributed by atoms with van der Waals surface area (Å²) in [7, 11) is -2.52. The van der Waals surface area contributed by atoms with Crippen LogP contribution in [0.4, 0.5) is 25.3 Å². The van der Waals surface area contributed by atoms with E-state index in [0.717, 1.165) is 10.3 Å². The van der Waals surface area contributed by atoms with Crippen molar-refractivity contribution in [1.29, 1.82) is 0 Å². The van der Waals surface area contributed by atoms with E-state index in [2.05, 4.69) is 4.98 Å². The third-order valence-corrected chi connectivity index (χ3v) is 9.66. The second-order valence-corrected chi connectivity index (χ2v) is 12.9. The lowest BCUT2D eigenvalue weighted by Gasteiger charge is -2.22. The largest absolute Gasteiger partial charge is 0.288 e. The zero-order valence-electron chi connectivity index (χ0n) is 21.4. The van der Waals surface area contributed by atoms with Crippen LogP contribution in [-0.4, -0.2) is 32.1 Å². The van der Waals surface area contributed by atoms with Crippen molar-refractivity contribution in [3.8, 4) is 0 Å². The fourth-order valence-electron chi connectivity index (χ4n) is 4.02. The molecule has 4 aromatic carbocycles. The van der Waals surface area contributed by atoms with Gasteiger partial charge in [-0.2, -0.15) is 8.78 Å². The first-order valence-electron chi connectivity index (χ1n) is 12.0. The van der Waals surface area contributed by atoms with Gasteiger partial charge in [-0.3, -0.25) is 14.0 Å². The van der Waals surface area contributed by atoms with Crippen molar-refractivity contribution in [3.05, 3.63) is 108 Å². The Bertz CT molecular complexity index is 1740. The van der Waals surface area contributed by atoms with E-state index in [1.807, 2.05) is 43.3 Å². The number of amides is 1. The second kappa shape index (κ2) is 11.4. The molecule has 0 saturated carbocycles. The molecule has 1 amide bonds. The third kappa shape index (κ3) is 5.72. The molecular weight excluding hydrogens is 573 g/mol. The van der Waals surface area contributed by atoms with Crippen molar-refractivity contribution in [3.63, 3.8) is 0 Å². The molecule has 0 spiro atoms. The van der Waals surface area contributed by atoms with Gasteiger partial charge in [-0.25, -0.2) is 13.4 Å². The number of carbonyl (C=O) groups excluding carboxylic acids is 1.